The summed E-state index contributed by atoms with van der Waals surface area (Å²) in [4.78, 5) is 11.6. The molecule has 0 aromatic heterocycles. The maximum atomic E-state index is 11.6. The first-order chi connectivity index (χ1) is 5.93. The summed E-state index contributed by atoms with van der Waals surface area (Å²) >= 11 is 0. The third-order valence-electron chi connectivity index (χ3n) is 3.70. The molecule has 0 radical (unpaired) electrons. The van der Waals surface area contributed by atoms with E-state index in [1.165, 1.54) is 0 Å². The molecule has 2 nitrogen and oxygen atoms in total. The first-order valence-corrected chi connectivity index (χ1v) is 5.14. The fourth-order valence-electron chi connectivity index (χ4n) is 3.16. The fourth-order valence-corrected chi connectivity index (χ4v) is 3.16. The summed E-state index contributed by atoms with van der Waals surface area (Å²) in [5, 5.41) is 9.70. The highest BCUT2D eigenvalue weighted by Gasteiger charge is 2.59. The van der Waals surface area contributed by atoms with Crippen molar-refractivity contribution in [2.75, 3.05) is 0 Å². The molecule has 0 aromatic carbocycles. The summed E-state index contributed by atoms with van der Waals surface area (Å²) in [5.41, 5.74) is 0.171. The lowest BCUT2D eigenvalue weighted by Crippen LogP contribution is -2.61. The average molecular weight is 182 g/mol. The normalized spacial score (nSPS) is 44.5. The number of carbonyl (C=O) groups excluding carboxylic acids is 1. The molecule has 3 saturated carbocycles. The number of ketones is 1. The van der Waals surface area contributed by atoms with E-state index in [9.17, 15) is 9.90 Å². The molecule has 0 aliphatic heterocycles. The second-order valence-corrected chi connectivity index (χ2v) is 5.57. The largest absolute Gasteiger partial charge is 0.392 e. The van der Waals surface area contributed by atoms with Crippen molar-refractivity contribution >= 4 is 5.78 Å². The highest BCUT2D eigenvalue weighted by Crippen LogP contribution is 2.55. The quantitative estimate of drug-likeness (QED) is 0.618. The van der Waals surface area contributed by atoms with Gasteiger partial charge in [-0.1, -0.05) is 20.8 Å². The number of fused-ring (bicyclic) bond motifs is 2. The van der Waals surface area contributed by atoms with Crippen LogP contribution < -0.4 is 0 Å². The van der Waals surface area contributed by atoms with E-state index in [2.05, 4.69) is 20.8 Å². The zero-order chi connectivity index (χ0) is 9.80. The van der Waals surface area contributed by atoms with Gasteiger partial charge in [0.05, 0.1) is 6.10 Å². The van der Waals surface area contributed by atoms with E-state index in [0.717, 1.165) is 12.8 Å². The minimum absolute atomic E-state index is 0.0428. The van der Waals surface area contributed by atoms with Crippen LogP contribution in [0, 0.1) is 23.2 Å². The van der Waals surface area contributed by atoms with E-state index < -0.39 is 0 Å². The Morgan fingerprint density at radius 3 is 2.23 bits per heavy atom. The summed E-state index contributed by atoms with van der Waals surface area (Å²) in [6, 6.07) is 0. The SMILES string of the molecule is CC(C)(C)C1C2CCC(O)C1C2=O. The summed E-state index contributed by atoms with van der Waals surface area (Å²) in [5.74, 6) is 0.953. The predicted molar refractivity (Wildman–Crippen MR) is 50.2 cm³/mol. The minimum Gasteiger partial charge on any atom is -0.392 e. The Labute approximate surface area is 79.3 Å². The van der Waals surface area contributed by atoms with E-state index in [0.29, 0.717) is 11.7 Å². The van der Waals surface area contributed by atoms with Crippen LogP contribution in [0.15, 0.2) is 0 Å². The molecule has 13 heavy (non-hydrogen) atoms. The number of hydrogen-bond acceptors (Lipinski definition) is 2. The maximum Gasteiger partial charge on any atom is 0.142 e. The Morgan fingerprint density at radius 1 is 1.31 bits per heavy atom. The highest BCUT2D eigenvalue weighted by molar-refractivity contribution is 5.91. The molecular weight excluding hydrogens is 164 g/mol. The van der Waals surface area contributed by atoms with Crippen molar-refractivity contribution in [2.45, 2.75) is 39.7 Å². The molecule has 0 saturated heterocycles. The number of rotatable bonds is 0. The third-order valence-corrected chi connectivity index (χ3v) is 3.70. The molecule has 3 rings (SSSR count). The van der Waals surface area contributed by atoms with Gasteiger partial charge < -0.3 is 5.11 Å². The number of aliphatic hydroxyl groups excluding tert-OH is 1. The molecule has 0 aromatic rings. The Kier molecular flexibility index (Phi) is 1.82. The van der Waals surface area contributed by atoms with E-state index >= 15 is 0 Å². The van der Waals surface area contributed by atoms with Crippen molar-refractivity contribution in [3.05, 3.63) is 0 Å². The molecule has 3 aliphatic carbocycles. The van der Waals surface area contributed by atoms with Gasteiger partial charge in [0.2, 0.25) is 0 Å². The van der Waals surface area contributed by atoms with Crippen LogP contribution >= 0.6 is 0 Å². The van der Waals surface area contributed by atoms with Gasteiger partial charge in [0.15, 0.2) is 0 Å². The Morgan fingerprint density at radius 2 is 1.92 bits per heavy atom. The molecule has 0 amide bonds. The van der Waals surface area contributed by atoms with Crippen molar-refractivity contribution < 1.29 is 9.90 Å². The van der Waals surface area contributed by atoms with Gasteiger partial charge in [-0.05, 0) is 24.2 Å². The van der Waals surface area contributed by atoms with E-state index in [1.54, 1.807) is 0 Å². The first kappa shape index (κ1) is 9.20. The fraction of sp³-hybridized carbons (Fsp3) is 0.909. The lowest BCUT2D eigenvalue weighted by atomic mass is 9.48. The number of carbonyl (C=O) groups is 1. The third kappa shape index (κ3) is 1.15. The molecule has 3 aliphatic rings. The standard InChI is InChI=1S/C11H18O2/c1-11(2,3)9-6-4-5-7(12)8(9)10(6)13/h6-9,12H,4-5H2,1-3H3. The van der Waals surface area contributed by atoms with Gasteiger partial charge in [0, 0.05) is 11.8 Å². The van der Waals surface area contributed by atoms with Gasteiger partial charge in [-0.25, -0.2) is 0 Å². The highest BCUT2D eigenvalue weighted by atomic mass is 16.3. The monoisotopic (exact) mass is 182 g/mol. The predicted octanol–water partition coefficient (Wildman–Crippen LogP) is 1.62. The van der Waals surface area contributed by atoms with Crippen LogP contribution in [0.1, 0.15) is 33.6 Å². The van der Waals surface area contributed by atoms with Crippen LogP contribution in [-0.2, 0) is 4.79 Å². The van der Waals surface area contributed by atoms with Gasteiger partial charge in [-0.2, -0.15) is 0 Å². The van der Waals surface area contributed by atoms with Crippen LogP contribution in [-0.4, -0.2) is 17.0 Å². The summed E-state index contributed by atoms with van der Waals surface area (Å²) < 4.78 is 0. The molecule has 4 atom stereocenters. The van der Waals surface area contributed by atoms with Crippen molar-refractivity contribution in [3.8, 4) is 0 Å². The van der Waals surface area contributed by atoms with Crippen LogP contribution in [0.3, 0.4) is 0 Å². The smallest absolute Gasteiger partial charge is 0.142 e. The maximum absolute atomic E-state index is 11.6. The first-order valence-electron chi connectivity index (χ1n) is 5.14. The van der Waals surface area contributed by atoms with Crippen molar-refractivity contribution in [2.24, 2.45) is 23.2 Å². The minimum atomic E-state index is -0.360. The summed E-state index contributed by atoms with van der Waals surface area (Å²) in [7, 11) is 0. The molecule has 2 bridgehead atoms. The Balaban J connectivity index is 2.21. The van der Waals surface area contributed by atoms with Gasteiger partial charge in [-0.3, -0.25) is 4.79 Å². The molecule has 4 unspecified atom stereocenters. The van der Waals surface area contributed by atoms with Crippen molar-refractivity contribution in [3.63, 3.8) is 0 Å². The number of aliphatic hydroxyl groups is 1. The van der Waals surface area contributed by atoms with Crippen molar-refractivity contribution in [1.29, 1.82) is 0 Å². The second-order valence-electron chi connectivity index (χ2n) is 5.57. The van der Waals surface area contributed by atoms with E-state index in [4.69, 9.17) is 0 Å². The van der Waals surface area contributed by atoms with Gasteiger partial charge in [-0.15, -0.1) is 0 Å². The molecule has 74 valence electrons. The van der Waals surface area contributed by atoms with E-state index in [1.807, 2.05) is 0 Å². The molecule has 2 heteroatoms. The number of hydrogen-bond donors (Lipinski definition) is 1. The number of Topliss-reactive ketones (excluding diaryl/α,β-unsaturated/α-hetero) is 1. The Bertz CT molecular complexity index is 239. The Hall–Kier alpha value is -0.370. The van der Waals surface area contributed by atoms with Gasteiger partial charge in [0.1, 0.15) is 5.78 Å². The van der Waals surface area contributed by atoms with Crippen LogP contribution in [0.4, 0.5) is 0 Å². The summed E-state index contributed by atoms with van der Waals surface area (Å²) in [6.07, 6.45) is 1.37. The zero-order valence-electron chi connectivity index (χ0n) is 8.58. The topological polar surface area (TPSA) is 37.3 Å². The van der Waals surface area contributed by atoms with Crippen molar-refractivity contribution in [1.82, 2.24) is 0 Å². The van der Waals surface area contributed by atoms with Gasteiger partial charge in [0.25, 0.3) is 0 Å². The average Bonchev–Trinajstić information content (AvgIpc) is 1.99. The van der Waals surface area contributed by atoms with Crippen LogP contribution in [0.5, 0.6) is 0 Å². The van der Waals surface area contributed by atoms with Crippen LogP contribution in [0.25, 0.3) is 0 Å². The lowest BCUT2D eigenvalue weighted by Gasteiger charge is -2.55. The van der Waals surface area contributed by atoms with E-state index in [-0.39, 0.29) is 23.4 Å². The molecule has 3 fully saturated rings. The zero-order valence-corrected chi connectivity index (χ0v) is 8.58. The van der Waals surface area contributed by atoms with Crippen LogP contribution in [0.2, 0.25) is 0 Å². The molecular formula is C11H18O2. The van der Waals surface area contributed by atoms with Gasteiger partial charge >= 0.3 is 0 Å². The molecule has 1 N–H and O–H groups in total. The molecule has 0 spiro atoms. The lowest BCUT2D eigenvalue weighted by molar-refractivity contribution is -0.171. The second kappa shape index (κ2) is 2.57. The summed E-state index contributed by atoms with van der Waals surface area (Å²) in [6.45, 7) is 6.51. The molecule has 0 heterocycles.